The van der Waals surface area contributed by atoms with Gasteiger partial charge in [0.25, 0.3) is 11.8 Å². The summed E-state index contributed by atoms with van der Waals surface area (Å²) in [7, 11) is 0. The molecular weight excluding hydrogens is 727 g/mol. The van der Waals surface area contributed by atoms with Crippen molar-refractivity contribution in [2.45, 2.75) is 0 Å². The molecule has 4 aromatic carbocycles. The summed E-state index contributed by atoms with van der Waals surface area (Å²) in [5, 5.41) is 1.21. The van der Waals surface area contributed by atoms with E-state index in [0.717, 1.165) is 31.2 Å². The van der Waals surface area contributed by atoms with Crippen molar-refractivity contribution in [2.24, 2.45) is 9.98 Å². The number of amidine groups is 2. The van der Waals surface area contributed by atoms with Gasteiger partial charge in [0.2, 0.25) is 0 Å². The number of amides is 2. The molecule has 0 aliphatic carbocycles. The van der Waals surface area contributed by atoms with E-state index in [0.29, 0.717) is 33.1 Å². The molecule has 10 heteroatoms. The minimum Gasteiger partial charge on any atom is -0.289 e. The van der Waals surface area contributed by atoms with Gasteiger partial charge in [-0.3, -0.25) is 19.4 Å². The molecule has 0 atom stereocenters. The van der Waals surface area contributed by atoms with Gasteiger partial charge in [0.05, 0.1) is 0 Å². The fourth-order valence-electron chi connectivity index (χ4n) is 4.85. The average molecular weight is 749 g/mol. The van der Waals surface area contributed by atoms with Crippen LogP contribution < -0.4 is 0 Å². The summed E-state index contributed by atoms with van der Waals surface area (Å²) in [4.78, 5) is 40.3. The monoisotopic (exact) mass is 746 g/mol. The minimum absolute atomic E-state index is 0.190. The Balaban J connectivity index is 1.33. The second kappa shape index (κ2) is 13.0. The van der Waals surface area contributed by atoms with E-state index in [1.165, 1.54) is 0 Å². The van der Waals surface area contributed by atoms with E-state index >= 15 is 0 Å². The highest BCUT2D eigenvalue weighted by molar-refractivity contribution is 9.10. The molecule has 0 saturated heterocycles. The smallest absolute Gasteiger partial charge is 0.278 e. The first kappa shape index (κ1) is 30.2. The zero-order valence-corrected chi connectivity index (χ0v) is 27.6. The van der Waals surface area contributed by atoms with Gasteiger partial charge in [0, 0.05) is 43.2 Å². The molecule has 2 amide bonds. The molecule has 0 fully saturated rings. The lowest BCUT2D eigenvalue weighted by molar-refractivity contribution is -0.125. The molecule has 218 valence electrons. The number of rotatable bonds is 7. The van der Waals surface area contributed by atoms with E-state index in [4.69, 9.17) is 33.2 Å². The van der Waals surface area contributed by atoms with Crippen LogP contribution in [0.15, 0.2) is 127 Å². The van der Waals surface area contributed by atoms with E-state index < -0.39 is 0 Å². The van der Waals surface area contributed by atoms with Gasteiger partial charge in [-0.25, -0.2) is 9.98 Å². The maximum Gasteiger partial charge on any atom is 0.278 e. The number of aliphatic imine (C=N–C) groups is 2. The van der Waals surface area contributed by atoms with E-state index in [1.807, 2.05) is 72.8 Å². The largest absolute Gasteiger partial charge is 0.289 e. The quantitative estimate of drug-likeness (QED) is 0.178. The highest BCUT2D eigenvalue weighted by Gasteiger charge is 2.35. The molecular formula is C34H22Br2Cl2N4O2. The Bertz CT molecular complexity index is 1760. The van der Waals surface area contributed by atoms with Crippen LogP contribution in [0.5, 0.6) is 0 Å². The molecule has 6 nitrogen and oxygen atoms in total. The number of carbonyl (C=O) groups is 2. The first-order valence-corrected chi connectivity index (χ1v) is 15.9. The Morgan fingerprint density at radius 3 is 1.34 bits per heavy atom. The van der Waals surface area contributed by atoms with E-state index in [2.05, 4.69) is 31.9 Å². The Hall–Kier alpha value is -3.82. The predicted molar refractivity (Wildman–Crippen MR) is 184 cm³/mol. The van der Waals surface area contributed by atoms with Crippen molar-refractivity contribution < 1.29 is 9.59 Å². The number of halogens is 4. The lowest BCUT2D eigenvalue weighted by Gasteiger charge is -2.24. The predicted octanol–water partition coefficient (Wildman–Crippen LogP) is 8.48. The molecule has 44 heavy (non-hydrogen) atoms. The first-order chi connectivity index (χ1) is 21.2. The van der Waals surface area contributed by atoms with Crippen molar-refractivity contribution in [1.82, 2.24) is 9.80 Å². The second-order valence-electron chi connectivity index (χ2n) is 9.97. The lowest BCUT2D eigenvalue weighted by atomic mass is 10.1. The van der Waals surface area contributed by atoms with Crippen molar-refractivity contribution in [3.05, 3.63) is 150 Å². The van der Waals surface area contributed by atoms with Crippen LogP contribution in [0.1, 0.15) is 22.3 Å². The number of hydrogen-bond donors (Lipinski definition) is 0. The van der Waals surface area contributed by atoms with Gasteiger partial charge in [-0.1, -0.05) is 104 Å². The summed E-state index contributed by atoms with van der Waals surface area (Å²) in [5.74, 6) is 0.473. The van der Waals surface area contributed by atoms with E-state index in [1.54, 1.807) is 46.2 Å². The molecule has 0 saturated carbocycles. The van der Waals surface area contributed by atoms with Gasteiger partial charge in [-0.15, -0.1) is 0 Å². The standard InChI is InChI=1S/C34H22Br2Cl2N4O2/c35-25-5-1-3-23(19-25)31-39-29(17-21-7-11-27(37)12-8-21)33(43)41(31)15-16-42-32(24-4-2-6-26(36)20-24)40-30(34(42)44)18-22-9-13-28(38)14-10-22/h1-14,17-20H,15-16H2. The van der Waals surface area contributed by atoms with Crippen molar-refractivity contribution >= 4 is 90.7 Å². The molecule has 0 spiro atoms. The van der Waals surface area contributed by atoms with Crippen LogP contribution in [0.2, 0.25) is 10.0 Å². The molecule has 0 N–H and O–H groups in total. The first-order valence-electron chi connectivity index (χ1n) is 13.5. The molecule has 0 aromatic heterocycles. The number of benzene rings is 4. The maximum atomic E-state index is 13.8. The van der Waals surface area contributed by atoms with Crippen LogP contribution in [-0.4, -0.2) is 46.4 Å². The zero-order valence-electron chi connectivity index (χ0n) is 22.9. The molecule has 0 bridgehead atoms. The summed E-state index contributed by atoms with van der Waals surface area (Å²) < 4.78 is 1.71. The number of nitrogens with zero attached hydrogens (tertiary/aromatic N) is 4. The van der Waals surface area contributed by atoms with Crippen LogP contribution in [-0.2, 0) is 9.59 Å². The Morgan fingerprint density at radius 2 is 0.977 bits per heavy atom. The van der Waals surface area contributed by atoms with E-state index in [-0.39, 0.29) is 24.9 Å². The van der Waals surface area contributed by atoms with Gasteiger partial charge in [0.1, 0.15) is 23.1 Å². The summed E-state index contributed by atoms with van der Waals surface area (Å²) in [6, 6.07) is 29.6. The third-order valence-corrected chi connectivity index (χ3v) is 8.44. The van der Waals surface area contributed by atoms with Gasteiger partial charge in [-0.05, 0) is 71.8 Å². The molecule has 2 aliphatic rings. The average Bonchev–Trinajstić information content (AvgIpc) is 3.49. The van der Waals surface area contributed by atoms with Crippen LogP contribution >= 0.6 is 55.1 Å². The van der Waals surface area contributed by atoms with Gasteiger partial charge >= 0.3 is 0 Å². The van der Waals surface area contributed by atoms with Crippen LogP contribution in [0, 0.1) is 0 Å². The van der Waals surface area contributed by atoms with Gasteiger partial charge in [-0.2, -0.15) is 0 Å². The lowest BCUT2D eigenvalue weighted by Crippen LogP contribution is -2.42. The molecule has 0 radical (unpaired) electrons. The van der Waals surface area contributed by atoms with Crippen LogP contribution in [0.4, 0.5) is 0 Å². The second-order valence-corrected chi connectivity index (χ2v) is 12.7. The Labute approximate surface area is 281 Å². The number of hydrogen-bond acceptors (Lipinski definition) is 4. The Morgan fingerprint density at radius 1 is 0.591 bits per heavy atom. The molecule has 2 heterocycles. The van der Waals surface area contributed by atoms with Gasteiger partial charge < -0.3 is 0 Å². The topological polar surface area (TPSA) is 65.3 Å². The third-order valence-electron chi connectivity index (χ3n) is 6.95. The van der Waals surface area contributed by atoms with Crippen LogP contribution in [0.25, 0.3) is 12.2 Å². The van der Waals surface area contributed by atoms with Gasteiger partial charge in [0.15, 0.2) is 0 Å². The Kier molecular flexibility index (Phi) is 8.96. The highest BCUT2D eigenvalue weighted by atomic mass is 79.9. The summed E-state index contributed by atoms with van der Waals surface area (Å²) >= 11 is 19.2. The van der Waals surface area contributed by atoms with Crippen molar-refractivity contribution in [3.63, 3.8) is 0 Å². The third kappa shape index (κ3) is 6.64. The summed E-state index contributed by atoms with van der Waals surface area (Å²) in [5.41, 5.74) is 3.72. The highest BCUT2D eigenvalue weighted by Crippen LogP contribution is 2.27. The van der Waals surface area contributed by atoms with Crippen LogP contribution in [0.3, 0.4) is 0 Å². The zero-order chi connectivity index (χ0) is 30.8. The minimum atomic E-state index is -0.264. The fourth-order valence-corrected chi connectivity index (χ4v) is 5.90. The van der Waals surface area contributed by atoms with Crippen molar-refractivity contribution in [2.75, 3.05) is 13.1 Å². The molecule has 2 aliphatic heterocycles. The SMILES string of the molecule is O=C1C(=Cc2ccc(Cl)cc2)N=C(c2cccc(Br)c2)N1CCN1C(=O)C(=Cc2ccc(Cl)cc2)N=C1c1cccc(Br)c1. The molecule has 4 aromatic rings. The molecule has 0 unspecified atom stereocenters. The maximum absolute atomic E-state index is 13.8. The molecule has 6 rings (SSSR count). The summed E-state index contributed by atoms with van der Waals surface area (Å²) in [6.07, 6.45) is 3.47. The summed E-state index contributed by atoms with van der Waals surface area (Å²) in [6.45, 7) is 0.379. The normalized spacial score (nSPS) is 16.7. The number of carbonyl (C=O) groups excluding carboxylic acids is 2. The van der Waals surface area contributed by atoms with E-state index in [9.17, 15) is 9.59 Å². The van der Waals surface area contributed by atoms with Crippen molar-refractivity contribution in [1.29, 1.82) is 0 Å². The van der Waals surface area contributed by atoms with Crippen molar-refractivity contribution in [3.8, 4) is 0 Å². The fraction of sp³-hybridized carbons (Fsp3) is 0.0588.